The van der Waals surface area contributed by atoms with Crippen molar-refractivity contribution in [2.75, 3.05) is 6.54 Å². The summed E-state index contributed by atoms with van der Waals surface area (Å²) in [7, 11) is -3.67. The van der Waals surface area contributed by atoms with Crippen molar-refractivity contribution in [1.29, 1.82) is 0 Å². The van der Waals surface area contributed by atoms with Gasteiger partial charge >= 0.3 is 0 Å². The quantitative estimate of drug-likeness (QED) is 0.837. The lowest BCUT2D eigenvalue weighted by atomic mass is 10.2. The van der Waals surface area contributed by atoms with Gasteiger partial charge in [-0.05, 0) is 19.1 Å². The highest BCUT2D eigenvalue weighted by atomic mass is 32.2. The summed E-state index contributed by atoms with van der Waals surface area (Å²) in [5.41, 5.74) is 0.737. The normalized spacial score (nSPS) is 22.2. The van der Waals surface area contributed by atoms with Crippen LogP contribution in [0.25, 0.3) is 0 Å². The summed E-state index contributed by atoms with van der Waals surface area (Å²) in [6, 6.07) is 5.18. The standard InChI is InChI=1S/C11H15N3O3S/c1-8(10-4-2-3-5-13-10)14-7-9(6-11(14)15)18(12,16)17/h2-5,8-9H,6-7H2,1H3,(H2,12,16,17)/t8-,9?/m0/s1. The van der Waals surface area contributed by atoms with Gasteiger partial charge in [0.2, 0.25) is 15.9 Å². The number of nitrogens with two attached hydrogens (primary N) is 1. The topological polar surface area (TPSA) is 93.4 Å². The Labute approximate surface area is 106 Å². The lowest BCUT2D eigenvalue weighted by Crippen LogP contribution is -2.33. The van der Waals surface area contributed by atoms with Gasteiger partial charge in [0.25, 0.3) is 0 Å². The molecule has 1 aliphatic heterocycles. The van der Waals surface area contributed by atoms with Crippen LogP contribution in [0.4, 0.5) is 0 Å². The molecule has 1 saturated heterocycles. The van der Waals surface area contributed by atoms with E-state index in [9.17, 15) is 13.2 Å². The van der Waals surface area contributed by atoms with E-state index >= 15 is 0 Å². The van der Waals surface area contributed by atoms with Gasteiger partial charge in [0.15, 0.2) is 0 Å². The van der Waals surface area contributed by atoms with Crippen LogP contribution in [-0.2, 0) is 14.8 Å². The van der Waals surface area contributed by atoms with Crippen LogP contribution in [0.5, 0.6) is 0 Å². The Morgan fingerprint density at radius 2 is 2.22 bits per heavy atom. The molecule has 2 atom stereocenters. The van der Waals surface area contributed by atoms with Crippen molar-refractivity contribution in [3.05, 3.63) is 30.1 Å². The second-order valence-corrected chi connectivity index (χ2v) is 6.24. The number of carbonyl (C=O) groups excluding carboxylic acids is 1. The molecule has 1 fully saturated rings. The number of sulfonamides is 1. The van der Waals surface area contributed by atoms with E-state index in [2.05, 4.69) is 4.98 Å². The Kier molecular flexibility index (Phi) is 3.36. The molecule has 0 spiro atoms. The molecular weight excluding hydrogens is 254 g/mol. The Morgan fingerprint density at radius 3 is 2.72 bits per heavy atom. The van der Waals surface area contributed by atoms with Crippen LogP contribution < -0.4 is 5.14 Å². The average molecular weight is 269 g/mol. The van der Waals surface area contributed by atoms with Crippen molar-refractivity contribution in [3.8, 4) is 0 Å². The maximum Gasteiger partial charge on any atom is 0.224 e. The van der Waals surface area contributed by atoms with Gasteiger partial charge in [0.1, 0.15) is 5.25 Å². The largest absolute Gasteiger partial charge is 0.333 e. The van der Waals surface area contributed by atoms with Crippen LogP contribution in [0.1, 0.15) is 25.1 Å². The molecule has 1 aromatic heterocycles. The molecule has 98 valence electrons. The summed E-state index contributed by atoms with van der Waals surface area (Å²) < 4.78 is 22.5. The van der Waals surface area contributed by atoms with E-state index in [1.165, 1.54) is 4.90 Å². The van der Waals surface area contributed by atoms with Crippen molar-refractivity contribution < 1.29 is 13.2 Å². The number of aromatic nitrogens is 1. The number of hydrogen-bond donors (Lipinski definition) is 1. The highest BCUT2D eigenvalue weighted by molar-refractivity contribution is 7.89. The van der Waals surface area contributed by atoms with Crippen molar-refractivity contribution in [3.63, 3.8) is 0 Å². The Hall–Kier alpha value is -1.47. The third-order valence-corrected chi connectivity index (χ3v) is 4.42. The molecule has 7 heteroatoms. The number of amides is 1. The SMILES string of the molecule is C[C@@H](c1ccccn1)N1CC(S(N)(=O)=O)CC1=O. The second kappa shape index (κ2) is 4.66. The minimum absolute atomic E-state index is 0.0456. The van der Waals surface area contributed by atoms with E-state index < -0.39 is 15.3 Å². The smallest absolute Gasteiger partial charge is 0.224 e. The highest BCUT2D eigenvalue weighted by Gasteiger charge is 2.38. The fraction of sp³-hybridized carbons (Fsp3) is 0.455. The molecule has 0 aromatic carbocycles. The number of pyridine rings is 1. The summed E-state index contributed by atoms with van der Waals surface area (Å²) in [6.07, 6.45) is 1.60. The van der Waals surface area contributed by atoms with Crippen molar-refractivity contribution in [2.45, 2.75) is 24.6 Å². The van der Waals surface area contributed by atoms with Gasteiger partial charge in [-0.25, -0.2) is 13.6 Å². The van der Waals surface area contributed by atoms with E-state index in [-0.39, 0.29) is 24.9 Å². The molecule has 2 heterocycles. The van der Waals surface area contributed by atoms with Gasteiger partial charge in [-0.2, -0.15) is 0 Å². The predicted octanol–water partition coefficient (Wildman–Crippen LogP) is 0.0320. The van der Waals surface area contributed by atoms with Gasteiger partial charge in [-0.15, -0.1) is 0 Å². The van der Waals surface area contributed by atoms with Crippen LogP contribution in [0.2, 0.25) is 0 Å². The van der Waals surface area contributed by atoms with Gasteiger partial charge in [0.05, 0.1) is 11.7 Å². The zero-order valence-electron chi connectivity index (χ0n) is 9.98. The van der Waals surface area contributed by atoms with Crippen molar-refractivity contribution in [1.82, 2.24) is 9.88 Å². The van der Waals surface area contributed by atoms with Crippen molar-refractivity contribution >= 4 is 15.9 Å². The summed E-state index contributed by atoms with van der Waals surface area (Å²) in [5.74, 6) is -0.202. The summed E-state index contributed by atoms with van der Waals surface area (Å²) in [6.45, 7) is 1.96. The molecule has 0 bridgehead atoms. The number of carbonyl (C=O) groups is 1. The van der Waals surface area contributed by atoms with Gasteiger partial charge in [-0.3, -0.25) is 9.78 Å². The molecule has 1 aromatic rings. The van der Waals surface area contributed by atoms with E-state index in [4.69, 9.17) is 5.14 Å². The first-order valence-corrected chi connectivity index (χ1v) is 7.22. The van der Waals surface area contributed by atoms with E-state index in [0.717, 1.165) is 5.69 Å². The molecule has 2 N–H and O–H groups in total. The minimum Gasteiger partial charge on any atom is -0.333 e. The Bertz CT molecular complexity index is 544. The third kappa shape index (κ3) is 2.51. The average Bonchev–Trinajstić information content (AvgIpc) is 2.71. The van der Waals surface area contributed by atoms with Crippen LogP contribution >= 0.6 is 0 Å². The molecule has 6 nitrogen and oxygen atoms in total. The molecule has 0 radical (unpaired) electrons. The second-order valence-electron chi connectivity index (χ2n) is 4.39. The number of primary sulfonamides is 1. The molecular formula is C11H15N3O3S. The Morgan fingerprint density at radius 1 is 1.50 bits per heavy atom. The van der Waals surface area contributed by atoms with Crippen LogP contribution in [0, 0.1) is 0 Å². The first kappa shape index (κ1) is 13.0. The van der Waals surface area contributed by atoms with Gasteiger partial charge < -0.3 is 4.90 Å². The highest BCUT2D eigenvalue weighted by Crippen LogP contribution is 2.26. The first-order valence-electron chi connectivity index (χ1n) is 5.61. The van der Waals surface area contributed by atoms with E-state index in [1.807, 2.05) is 19.1 Å². The zero-order chi connectivity index (χ0) is 13.3. The number of rotatable bonds is 3. The molecule has 1 amide bonds. The van der Waals surface area contributed by atoms with Crippen LogP contribution in [0.3, 0.4) is 0 Å². The van der Waals surface area contributed by atoms with Gasteiger partial charge in [0, 0.05) is 19.2 Å². The predicted molar refractivity (Wildman–Crippen MR) is 65.9 cm³/mol. The molecule has 18 heavy (non-hydrogen) atoms. The number of likely N-dealkylation sites (tertiary alicyclic amines) is 1. The molecule has 1 unspecified atom stereocenters. The molecule has 2 rings (SSSR count). The maximum atomic E-state index is 11.8. The van der Waals surface area contributed by atoms with Crippen molar-refractivity contribution in [2.24, 2.45) is 5.14 Å². The fourth-order valence-electron chi connectivity index (χ4n) is 2.07. The number of hydrogen-bond acceptors (Lipinski definition) is 4. The maximum absolute atomic E-state index is 11.8. The monoisotopic (exact) mass is 269 g/mol. The zero-order valence-corrected chi connectivity index (χ0v) is 10.8. The summed E-state index contributed by atoms with van der Waals surface area (Å²) >= 11 is 0. The minimum atomic E-state index is -3.67. The summed E-state index contributed by atoms with van der Waals surface area (Å²) in [5, 5.41) is 4.27. The van der Waals surface area contributed by atoms with Gasteiger partial charge in [-0.1, -0.05) is 6.07 Å². The number of nitrogens with zero attached hydrogens (tertiary/aromatic N) is 2. The molecule has 0 aliphatic carbocycles. The first-order chi connectivity index (χ1) is 8.39. The Balaban J connectivity index is 2.18. The van der Waals surface area contributed by atoms with Crippen LogP contribution in [-0.4, -0.2) is 36.0 Å². The third-order valence-electron chi connectivity index (χ3n) is 3.17. The lowest BCUT2D eigenvalue weighted by Gasteiger charge is -2.24. The van der Waals surface area contributed by atoms with E-state index in [0.29, 0.717) is 0 Å². The summed E-state index contributed by atoms with van der Waals surface area (Å²) in [4.78, 5) is 17.5. The lowest BCUT2D eigenvalue weighted by molar-refractivity contribution is -0.129. The molecule has 1 aliphatic rings. The van der Waals surface area contributed by atoms with Crippen LogP contribution in [0.15, 0.2) is 24.4 Å². The fourth-order valence-corrected chi connectivity index (χ4v) is 2.82. The molecule has 0 saturated carbocycles. The van der Waals surface area contributed by atoms with E-state index in [1.54, 1.807) is 12.3 Å².